The molecule has 5 heteroatoms. The lowest BCUT2D eigenvalue weighted by Gasteiger charge is -2.09. The number of nitrogens with zero attached hydrogens (tertiary/aromatic N) is 1. The van der Waals surface area contributed by atoms with Crippen LogP contribution in [0.5, 0.6) is 5.88 Å². The summed E-state index contributed by atoms with van der Waals surface area (Å²) in [7, 11) is 0. The lowest BCUT2D eigenvalue weighted by atomic mass is 10.2. The zero-order valence-electron chi connectivity index (χ0n) is 8.83. The van der Waals surface area contributed by atoms with Crippen molar-refractivity contribution in [2.75, 3.05) is 0 Å². The third-order valence-corrected chi connectivity index (χ3v) is 2.05. The van der Waals surface area contributed by atoms with Gasteiger partial charge in [-0.25, -0.2) is 4.79 Å². The summed E-state index contributed by atoms with van der Waals surface area (Å²) in [5.74, 6) is -0.269. The van der Waals surface area contributed by atoms with E-state index in [9.17, 15) is 14.7 Å². The van der Waals surface area contributed by atoms with Crippen LogP contribution in [0.4, 0.5) is 0 Å². The Balaban J connectivity index is 3.46. The molecule has 0 radical (unpaired) electrons. The highest BCUT2D eigenvalue weighted by Crippen LogP contribution is 2.11. The fourth-order valence-corrected chi connectivity index (χ4v) is 1.34. The number of allylic oxidation sites excluding steroid dienone is 1. The molecule has 0 fully saturated rings. The number of nitrogens with one attached hydrogen (secondary N) is 1. The normalized spacial score (nSPS) is 10.3. The van der Waals surface area contributed by atoms with Crippen molar-refractivity contribution in [3.05, 3.63) is 38.6 Å². The Morgan fingerprint density at radius 3 is 2.60 bits per heavy atom. The molecular formula is C10H14N2O3. The van der Waals surface area contributed by atoms with E-state index >= 15 is 0 Å². The number of aromatic nitrogens is 2. The molecule has 0 saturated carbocycles. The van der Waals surface area contributed by atoms with Gasteiger partial charge in [0.25, 0.3) is 5.56 Å². The molecule has 1 aromatic heterocycles. The van der Waals surface area contributed by atoms with E-state index in [1.807, 2.05) is 0 Å². The standard InChI is InChI=1S/C10H14N2O3/c1-4-7-8(13)11-10(15)12(9(7)14)5-6(2)3/h14H,2,4-5H2,1,3H3,(H,11,13,15). The van der Waals surface area contributed by atoms with Crippen LogP contribution in [0.15, 0.2) is 21.7 Å². The van der Waals surface area contributed by atoms with Crippen LogP contribution < -0.4 is 11.2 Å². The van der Waals surface area contributed by atoms with E-state index in [-0.39, 0.29) is 18.0 Å². The predicted octanol–water partition coefficient (Wildman–Crippen LogP) is 0.381. The Morgan fingerprint density at radius 1 is 1.53 bits per heavy atom. The van der Waals surface area contributed by atoms with E-state index in [4.69, 9.17) is 0 Å². The molecular weight excluding hydrogens is 196 g/mol. The van der Waals surface area contributed by atoms with E-state index in [0.29, 0.717) is 6.42 Å². The minimum Gasteiger partial charge on any atom is -0.494 e. The molecule has 0 amide bonds. The summed E-state index contributed by atoms with van der Waals surface area (Å²) in [5, 5.41) is 9.70. The van der Waals surface area contributed by atoms with Crippen molar-refractivity contribution >= 4 is 0 Å². The van der Waals surface area contributed by atoms with E-state index in [1.54, 1.807) is 13.8 Å². The van der Waals surface area contributed by atoms with Gasteiger partial charge >= 0.3 is 5.69 Å². The number of H-pyrrole nitrogens is 1. The topological polar surface area (TPSA) is 75.1 Å². The Bertz CT molecular complexity index is 496. The van der Waals surface area contributed by atoms with Crippen LogP contribution in [0.2, 0.25) is 0 Å². The molecule has 0 aliphatic rings. The highest BCUT2D eigenvalue weighted by molar-refractivity contribution is 5.23. The molecule has 0 aliphatic heterocycles. The third kappa shape index (κ3) is 2.18. The van der Waals surface area contributed by atoms with Crippen LogP contribution in [0.1, 0.15) is 19.4 Å². The first-order valence-electron chi connectivity index (χ1n) is 4.66. The van der Waals surface area contributed by atoms with E-state index in [2.05, 4.69) is 11.6 Å². The third-order valence-electron chi connectivity index (χ3n) is 2.05. The number of aromatic amines is 1. The summed E-state index contributed by atoms with van der Waals surface area (Å²) in [6.45, 7) is 7.33. The van der Waals surface area contributed by atoms with Crippen LogP contribution in [0.25, 0.3) is 0 Å². The summed E-state index contributed by atoms with van der Waals surface area (Å²) in [5.41, 5.74) is -0.201. The molecule has 0 saturated heterocycles. The Morgan fingerprint density at radius 2 is 2.13 bits per heavy atom. The Hall–Kier alpha value is -1.78. The van der Waals surface area contributed by atoms with Crippen molar-refractivity contribution in [1.29, 1.82) is 0 Å². The number of aromatic hydroxyl groups is 1. The molecule has 1 heterocycles. The molecule has 82 valence electrons. The van der Waals surface area contributed by atoms with Gasteiger partial charge in [-0.1, -0.05) is 19.1 Å². The average molecular weight is 210 g/mol. The monoisotopic (exact) mass is 210 g/mol. The van der Waals surface area contributed by atoms with Gasteiger partial charge in [-0.2, -0.15) is 0 Å². The molecule has 0 atom stereocenters. The summed E-state index contributed by atoms with van der Waals surface area (Å²) in [4.78, 5) is 24.8. The highest BCUT2D eigenvalue weighted by atomic mass is 16.3. The Labute approximate surface area is 86.7 Å². The molecule has 1 aromatic rings. The second-order valence-corrected chi connectivity index (χ2v) is 3.46. The molecule has 1 rings (SSSR count). The summed E-state index contributed by atoms with van der Waals surface area (Å²) >= 11 is 0. The van der Waals surface area contributed by atoms with Crippen LogP contribution in [-0.4, -0.2) is 14.7 Å². The van der Waals surface area contributed by atoms with Gasteiger partial charge in [-0.3, -0.25) is 14.3 Å². The molecule has 0 bridgehead atoms. The summed E-state index contributed by atoms with van der Waals surface area (Å²) in [6, 6.07) is 0. The average Bonchev–Trinajstić information content (AvgIpc) is 2.12. The number of hydrogen-bond acceptors (Lipinski definition) is 3. The second kappa shape index (κ2) is 4.16. The number of rotatable bonds is 3. The maximum atomic E-state index is 11.4. The van der Waals surface area contributed by atoms with Crippen LogP contribution >= 0.6 is 0 Å². The van der Waals surface area contributed by atoms with Gasteiger partial charge in [0.1, 0.15) is 0 Å². The van der Waals surface area contributed by atoms with Crippen molar-refractivity contribution in [2.45, 2.75) is 26.8 Å². The maximum Gasteiger partial charge on any atom is 0.331 e. The van der Waals surface area contributed by atoms with Crippen molar-refractivity contribution in [2.24, 2.45) is 0 Å². The second-order valence-electron chi connectivity index (χ2n) is 3.46. The van der Waals surface area contributed by atoms with Gasteiger partial charge in [0.15, 0.2) is 0 Å². The zero-order chi connectivity index (χ0) is 11.6. The predicted molar refractivity (Wildman–Crippen MR) is 57.2 cm³/mol. The Kier molecular flexibility index (Phi) is 3.14. The smallest absolute Gasteiger partial charge is 0.331 e. The van der Waals surface area contributed by atoms with E-state index in [0.717, 1.165) is 10.1 Å². The van der Waals surface area contributed by atoms with Gasteiger partial charge in [-0.05, 0) is 13.3 Å². The molecule has 0 aliphatic carbocycles. The minimum atomic E-state index is -0.613. The summed E-state index contributed by atoms with van der Waals surface area (Å²) < 4.78 is 1.10. The first-order valence-corrected chi connectivity index (χ1v) is 4.66. The fraction of sp³-hybridized carbons (Fsp3) is 0.400. The van der Waals surface area contributed by atoms with Gasteiger partial charge in [0.05, 0.1) is 12.1 Å². The van der Waals surface area contributed by atoms with Gasteiger partial charge < -0.3 is 5.11 Å². The lowest BCUT2D eigenvalue weighted by Crippen LogP contribution is -2.32. The maximum absolute atomic E-state index is 11.4. The van der Waals surface area contributed by atoms with Crippen molar-refractivity contribution < 1.29 is 5.11 Å². The first kappa shape index (κ1) is 11.3. The largest absolute Gasteiger partial charge is 0.494 e. The quantitative estimate of drug-likeness (QED) is 0.708. The SMILES string of the molecule is C=C(C)Cn1c(O)c(CC)c(=O)[nH]c1=O. The fourth-order valence-electron chi connectivity index (χ4n) is 1.34. The molecule has 15 heavy (non-hydrogen) atoms. The lowest BCUT2D eigenvalue weighted by molar-refractivity contribution is 0.401. The van der Waals surface area contributed by atoms with Crippen LogP contribution in [0, 0.1) is 0 Å². The van der Waals surface area contributed by atoms with Crippen LogP contribution in [0.3, 0.4) is 0 Å². The summed E-state index contributed by atoms with van der Waals surface area (Å²) in [6.07, 6.45) is 0.373. The van der Waals surface area contributed by atoms with Crippen LogP contribution in [-0.2, 0) is 13.0 Å². The molecule has 0 spiro atoms. The highest BCUT2D eigenvalue weighted by Gasteiger charge is 2.11. The van der Waals surface area contributed by atoms with Gasteiger partial charge in [0, 0.05) is 0 Å². The minimum absolute atomic E-state index is 0.203. The van der Waals surface area contributed by atoms with E-state index in [1.165, 1.54) is 0 Å². The molecule has 2 N–H and O–H groups in total. The van der Waals surface area contributed by atoms with Crippen molar-refractivity contribution in [1.82, 2.24) is 9.55 Å². The molecule has 0 unspecified atom stereocenters. The van der Waals surface area contributed by atoms with Crippen molar-refractivity contribution in [3.63, 3.8) is 0 Å². The van der Waals surface area contributed by atoms with Gasteiger partial charge in [-0.15, -0.1) is 0 Å². The molecule has 5 nitrogen and oxygen atoms in total. The van der Waals surface area contributed by atoms with E-state index < -0.39 is 11.2 Å². The van der Waals surface area contributed by atoms with Gasteiger partial charge in [0.2, 0.25) is 5.88 Å². The first-order chi connectivity index (χ1) is 6.97. The zero-order valence-corrected chi connectivity index (χ0v) is 8.83. The van der Waals surface area contributed by atoms with Crippen molar-refractivity contribution in [3.8, 4) is 5.88 Å². The number of hydrogen-bond donors (Lipinski definition) is 2. The molecule has 0 aromatic carbocycles.